The third-order valence-corrected chi connectivity index (χ3v) is 2.57. The van der Waals surface area contributed by atoms with Gasteiger partial charge in [0.2, 0.25) is 0 Å². The number of hydrogen-bond acceptors (Lipinski definition) is 1. The van der Waals surface area contributed by atoms with E-state index in [-0.39, 0.29) is 18.3 Å². The fourth-order valence-corrected chi connectivity index (χ4v) is 1.64. The first kappa shape index (κ1) is 10.5. The molecule has 0 unspecified atom stereocenters. The topological polar surface area (TPSA) is 26.0 Å². The highest BCUT2D eigenvalue weighted by molar-refractivity contribution is 5.85. The van der Waals surface area contributed by atoms with Gasteiger partial charge in [-0.3, -0.25) is 0 Å². The van der Waals surface area contributed by atoms with Crippen molar-refractivity contribution in [3.8, 4) is 0 Å². The first-order valence-corrected chi connectivity index (χ1v) is 4.22. The van der Waals surface area contributed by atoms with Crippen molar-refractivity contribution in [3.05, 3.63) is 35.9 Å². The minimum atomic E-state index is -1.12. The van der Waals surface area contributed by atoms with Crippen LogP contribution in [0.1, 0.15) is 12.0 Å². The Morgan fingerprint density at radius 3 is 2.46 bits per heavy atom. The molecule has 0 aliphatic heterocycles. The highest BCUT2D eigenvalue weighted by atomic mass is 35.5. The minimum absolute atomic E-state index is 0. The zero-order valence-corrected chi connectivity index (χ0v) is 8.06. The lowest BCUT2D eigenvalue weighted by atomic mass is 10.1. The zero-order chi connectivity index (χ0) is 8.60. The van der Waals surface area contributed by atoms with Gasteiger partial charge in [-0.1, -0.05) is 30.3 Å². The molecule has 0 bridgehead atoms. The molecule has 0 aromatic heterocycles. The van der Waals surface area contributed by atoms with E-state index in [9.17, 15) is 4.39 Å². The first-order valence-electron chi connectivity index (χ1n) is 4.22. The highest BCUT2D eigenvalue weighted by Crippen LogP contribution is 2.54. The van der Waals surface area contributed by atoms with Gasteiger partial charge in [0.05, 0.1) is 0 Å². The van der Waals surface area contributed by atoms with Crippen LogP contribution in [-0.4, -0.2) is 6.54 Å². The largest absolute Gasteiger partial charge is 0.330 e. The number of nitrogens with two attached hydrogens (primary N) is 1. The quantitative estimate of drug-likeness (QED) is 0.781. The first-order chi connectivity index (χ1) is 5.77. The molecule has 0 spiro atoms. The van der Waals surface area contributed by atoms with Crippen molar-refractivity contribution in [3.63, 3.8) is 0 Å². The maximum Gasteiger partial charge on any atom is 0.140 e. The predicted molar refractivity (Wildman–Crippen MR) is 53.6 cm³/mol. The van der Waals surface area contributed by atoms with Gasteiger partial charge in [-0.25, -0.2) is 4.39 Å². The van der Waals surface area contributed by atoms with Crippen molar-refractivity contribution in [2.75, 3.05) is 6.54 Å². The van der Waals surface area contributed by atoms with Crippen LogP contribution in [0.25, 0.3) is 0 Å². The van der Waals surface area contributed by atoms with E-state index in [1.165, 1.54) is 0 Å². The van der Waals surface area contributed by atoms with Gasteiger partial charge in [-0.2, -0.15) is 0 Å². The molecule has 0 heterocycles. The van der Waals surface area contributed by atoms with Gasteiger partial charge < -0.3 is 5.73 Å². The Labute approximate surface area is 83.5 Å². The van der Waals surface area contributed by atoms with Crippen LogP contribution < -0.4 is 5.73 Å². The summed E-state index contributed by atoms with van der Waals surface area (Å²) in [6.07, 6.45) is 0.591. The fraction of sp³-hybridized carbons (Fsp3) is 0.400. The van der Waals surface area contributed by atoms with Crippen molar-refractivity contribution < 1.29 is 4.39 Å². The van der Waals surface area contributed by atoms with Gasteiger partial charge in [0, 0.05) is 5.92 Å². The minimum Gasteiger partial charge on any atom is -0.330 e. The average molecular weight is 202 g/mol. The molecule has 1 fully saturated rings. The van der Waals surface area contributed by atoms with E-state index in [0.29, 0.717) is 13.0 Å². The van der Waals surface area contributed by atoms with Gasteiger partial charge in [0.1, 0.15) is 5.67 Å². The molecule has 1 aromatic rings. The van der Waals surface area contributed by atoms with E-state index >= 15 is 0 Å². The van der Waals surface area contributed by atoms with Crippen LogP contribution in [0.2, 0.25) is 0 Å². The van der Waals surface area contributed by atoms with Crippen LogP contribution in [0.5, 0.6) is 0 Å². The molecule has 13 heavy (non-hydrogen) atoms. The third kappa shape index (κ3) is 1.69. The number of rotatable bonds is 2. The molecule has 0 amide bonds. The Bertz CT molecular complexity index is 278. The van der Waals surface area contributed by atoms with Crippen molar-refractivity contribution in [2.45, 2.75) is 12.1 Å². The summed E-state index contributed by atoms with van der Waals surface area (Å²) < 4.78 is 13.8. The molecule has 1 nitrogen and oxygen atoms in total. The van der Waals surface area contributed by atoms with E-state index in [0.717, 1.165) is 5.56 Å². The molecule has 0 radical (unpaired) electrons. The van der Waals surface area contributed by atoms with E-state index < -0.39 is 5.67 Å². The van der Waals surface area contributed by atoms with Crippen LogP contribution in [0.3, 0.4) is 0 Å². The number of hydrogen-bond donors (Lipinski definition) is 1. The smallest absolute Gasteiger partial charge is 0.140 e. The molecule has 2 atom stereocenters. The fourth-order valence-electron chi connectivity index (χ4n) is 1.64. The Morgan fingerprint density at radius 1 is 1.38 bits per heavy atom. The zero-order valence-electron chi connectivity index (χ0n) is 7.24. The van der Waals surface area contributed by atoms with Crippen LogP contribution >= 0.6 is 12.4 Å². The summed E-state index contributed by atoms with van der Waals surface area (Å²) >= 11 is 0. The molecule has 2 rings (SSSR count). The summed E-state index contributed by atoms with van der Waals surface area (Å²) in [7, 11) is 0. The second-order valence-electron chi connectivity index (χ2n) is 3.37. The van der Waals surface area contributed by atoms with Crippen LogP contribution in [0.4, 0.5) is 4.39 Å². The standard InChI is InChI=1S/C10H12FN.ClH/c11-10(6-9(10)7-12)8-4-2-1-3-5-8;/h1-5,9H,6-7,12H2;1H/t9-,10+;/m1./s1. The summed E-state index contributed by atoms with van der Waals surface area (Å²) in [5, 5.41) is 0. The number of alkyl halides is 1. The van der Waals surface area contributed by atoms with Gasteiger partial charge in [0.25, 0.3) is 0 Å². The van der Waals surface area contributed by atoms with Crippen LogP contribution in [0.15, 0.2) is 30.3 Å². The second kappa shape index (κ2) is 3.64. The normalized spacial score (nSPS) is 30.8. The SMILES string of the molecule is Cl.NC[C@H]1C[C@]1(F)c1ccccc1. The lowest BCUT2D eigenvalue weighted by Crippen LogP contribution is -2.10. The molecule has 1 aromatic carbocycles. The van der Waals surface area contributed by atoms with Crippen molar-refractivity contribution in [1.29, 1.82) is 0 Å². The summed E-state index contributed by atoms with van der Waals surface area (Å²) in [6.45, 7) is 0.450. The molecule has 0 saturated heterocycles. The van der Waals surface area contributed by atoms with Crippen molar-refractivity contribution in [2.24, 2.45) is 11.7 Å². The Morgan fingerprint density at radius 2 is 2.00 bits per heavy atom. The van der Waals surface area contributed by atoms with E-state index in [4.69, 9.17) is 5.73 Å². The summed E-state index contributed by atoms with van der Waals surface area (Å²) in [5.41, 5.74) is 5.07. The summed E-state index contributed by atoms with van der Waals surface area (Å²) in [6, 6.07) is 9.28. The molecule has 72 valence electrons. The summed E-state index contributed by atoms with van der Waals surface area (Å²) in [5.74, 6) is 0.0416. The molecule has 1 aliphatic carbocycles. The molecule has 3 heteroatoms. The second-order valence-corrected chi connectivity index (χ2v) is 3.37. The Balaban J connectivity index is 0.000000845. The van der Waals surface area contributed by atoms with Crippen molar-refractivity contribution >= 4 is 12.4 Å². The van der Waals surface area contributed by atoms with Crippen LogP contribution in [-0.2, 0) is 5.67 Å². The lowest BCUT2D eigenvalue weighted by molar-refractivity contribution is 0.288. The number of halogens is 2. The monoisotopic (exact) mass is 201 g/mol. The van der Waals surface area contributed by atoms with Crippen molar-refractivity contribution in [1.82, 2.24) is 0 Å². The maximum absolute atomic E-state index is 13.8. The Kier molecular flexibility index (Phi) is 2.94. The highest BCUT2D eigenvalue weighted by Gasteiger charge is 2.55. The van der Waals surface area contributed by atoms with Gasteiger partial charge >= 0.3 is 0 Å². The summed E-state index contributed by atoms with van der Waals surface area (Å²) in [4.78, 5) is 0. The molecular formula is C10H13ClFN. The average Bonchev–Trinajstić information content (AvgIpc) is 2.81. The molecule has 1 saturated carbocycles. The molecule has 2 N–H and O–H groups in total. The van der Waals surface area contributed by atoms with Gasteiger partial charge in [-0.05, 0) is 18.5 Å². The van der Waals surface area contributed by atoms with E-state index in [1.807, 2.05) is 30.3 Å². The van der Waals surface area contributed by atoms with E-state index in [1.54, 1.807) is 0 Å². The van der Waals surface area contributed by atoms with Gasteiger partial charge in [0.15, 0.2) is 0 Å². The van der Waals surface area contributed by atoms with E-state index in [2.05, 4.69) is 0 Å². The molecule has 1 aliphatic rings. The Hall–Kier alpha value is -0.600. The molecular weight excluding hydrogens is 189 g/mol. The van der Waals surface area contributed by atoms with Crippen LogP contribution in [0, 0.1) is 5.92 Å². The number of benzene rings is 1. The maximum atomic E-state index is 13.8. The van der Waals surface area contributed by atoms with Gasteiger partial charge in [-0.15, -0.1) is 12.4 Å². The lowest BCUT2D eigenvalue weighted by Gasteiger charge is -2.05. The third-order valence-electron chi connectivity index (χ3n) is 2.57. The predicted octanol–water partition coefficient (Wildman–Crippen LogP) is 2.25.